The van der Waals surface area contributed by atoms with Gasteiger partial charge in [-0.1, -0.05) is 37.3 Å². The van der Waals surface area contributed by atoms with E-state index in [0.29, 0.717) is 0 Å². The largest absolute Gasteiger partial charge is 0.324 e. The molecule has 0 radical (unpaired) electrons. The smallest absolute Gasteiger partial charge is 0.299 e. The van der Waals surface area contributed by atoms with Crippen molar-refractivity contribution < 1.29 is 23.1 Å². The predicted molar refractivity (Wildman–Crippen MR) is 102 cm³/mol. The maximum atomic E-state index is 12.8. The number of nitro groups is 2. The summed E-state index contributed by atoms with van der Waals surface area (Å²) in [6.45, 7) is 3.12. The van der Waals surface area contributed by atoms with Crippen molar-refractivity contribution in [2.75, 3.05) is 0 Å². The van der Waals surface area contributed by atoms with Gasteiger partial charge in [-0.05, 0) is 12.1 Å². The lowest BCUT2D eigenvalue weighted by Crippen LogP contribution is -2.35. The van der Waals surface area contributed by atoms with E-state index in [4.69, 9.17) is 0 Å². The first-order valence-corrected chi connectivity index (χ1v) is 10.4. The number of Topliss-reactive ketones (excluding diaryl/α,β-unsaturated/α-hetero) is 1. The molecule has 28 heavy (non-hydrogen) atoms. The second kappa shape index (κ2) is 8.54. The summed E-state index contributed by atoms with van der Waals surface area (Å²) in [4.78, 5) is 32.6. The zero-order valence-electron chi connectivity index (χ0n) is 14.9. The molecular formula is C16H17N3O7S2. The third-order valence-corrected chi connectivity index (χ3v) is 6.70. The summed E-state index contributed by atoms with van der Waals surface area (Å²) in [5.41, 5.74) is -0.611. The van der Waals surface area contributed by atoms with Crippen LogP contribution in [-0.2, 0) is 14.8 Å². The van der Waals surface area contributed by atoms with Crippen molar-refractivity contribution >= 4 is 37.8 Å². The molecule has 2 rings (SSSR count). The van der Waals surface area contributed by atoms with E-state index in [1.807, 2.05) is 0 Å². The summed E-state index contributed by atoms with van der Waals surface area (Å²) in [7, 11) is -4.39. The Hall–Kier alpha value is -2.70. The molecule has 0 aliphatic carbocycles. The van der Waals surface area contributed by atoms with Crippen molar-refractivity contribution in [2.45, 2.75) is 31.2 Å². The molecule has 0 aliphatic rings. The summed E-state index contributed by atoms with van der Waals surface area (Å²) in [5.74, 6) is -1.09. The Morgan fingerprint density at radius 2 is 1.79 bits per heavy atom. The molecule has 1 N–H and O–H groups in total. The van der Waals surface area contributed by atoms with Crippen molar-refractivity contribution in [2.24, 2.45) is 5.92 Å². The number of carbonyl (C=O) groups excluding carboxylic acids is 1. The Morgan fingerprint density at radius 3 is 2.32 bits per heavy atom. The standard InChI is InChI=1S/C16H17N3O7S2/c1-3-12(20)10(2)16(13-8-9-15(27-13)19(23)24)17-28(25,26)14-7-5-4-6-11(14)18(21)22/h4-10,16-17H,3H2,1-2H3/t10-,16+/m0/s1. The first kappa shape index (κ1) is 21.6. The molecule has 10 nitrogen and oxygen atoms in total. The van der Waals surface area contributed by atoms with Gasteiger partial charge in [0, 0.05) is 29.3 Å². The lowest BCUT2D eigenvalue weighted by atomic mass is 9.95. The first-order valence-electron chi connectivity index (χ1n) is 8.11. The highest BCUT2D eigenvalue weighted by Gasteiger charge is 2.34. The highest BCUT2D eigenvalue weighted by Crippen LogP contribution is 2.35. The number of hydrogen-bond acceptors (Lipinski definition) is 8. The van der Waals surface area contributed by atoms with Crippen LogP contribution in [0.1, 0.15) is 31.2 Å². The molecule has 2 aromatic rings. The maximum Gasteiger partial charge on any atom is 0.324 e. The van der Waals surface area contributed by atoms with Gasteiger partial charge in [-0.2, -0.15) is 0 Å². The minimum atomic E-state index is -4.39. The molecule has 150 valence electrons. The molecule has 0 bridgehead atoms. The molecule has 0 unspecified atom stereocenters. The van der Waals surface area contributed by atoms with E-state index in [0.717, 1.165) is 23.5 Å². The number of thiophene rings is 1. The molecule has 2 atom stereocenters. The normalized spacial score (nSPS) is 13.6. The summed E-state index contributed by atoms with van der Waals surface area (Å²) in [6.07, 6.45) is 0.137. The maximum absolute atomic E-state index is 12.8. The number of ketones is 1. The van der Waals surface area contributed by atoms with Gasteiger partial charge >= 0.3 is 5.00 Å². The van der Waals surface area contributed by atoms with Crippen LogP contribution in [0.3, 0.4) is 0 Å². The molecule has 12 heteroatoms. The fourth-order valence-corrected chi connectivity index (χ4v) is 5.11. The van der Waals surface area contributed by atoms with Gasteiger partial charge in [0.15, 0.2) is 4.90 Å². The molecular weight excluding hydrogens is 410 g/mol. The lowest BCUT2D eigenvalue weighted by Gasteiger charge is -2.22. The molecule has 0 saturated carbocycles. The summed E-state index contributed by atoms with van der Waals surface area (Å²) in [5, 5.41) is 21.9. The van der Waals surface area contributed by atoms with Crippen LogP contribution < -0.4 is 4.72 Å². The van der Waals surface area contributed by atoms with Crippen LogP contribution in [0.5, 0.6) is 0 Å². The number of benzene rings is 1. The monoisotopic (exact) mass is 427 g/mol. The molecule has 0 fully saturated rings. The fraction of sp³-hybridized carbons (Fsp3) is 0.312. The van der Waals surface area contributed by atoms with Crippen LogP contribution in [0, 0.1) is 26.1 Å². The molecule has 0 amide bonds. The summed E-state index contributed by atoms with van der Waals surface area (Å²) < 4.78 is 28.0. The van der Waals surface area contributed by atoms with Gasteiger partial charge in [0.2, 0.25) is 10.0 Å². The van der Waals surface area contributed by atoms with E-state index in [1.165, 1.54) is 31.2 Å². The number of nitrogens with one attached hydrogen (secondary N) is 1. The SMILES string of the molecule is CCC(=O)[C@H](C)[C@@H](NS(=O)(=O)c1ccccc1[N+](=O)[O-])c1ccc([N+](=O)[O-])s1. The summed E-state index contributed by atoms with van der Waals surface area (Å²) in [6, 6.07) is 6.30. The van der Waals surface area contributed by atoms with Gasteiger partial charge in [0.1, 0.15) is 5.78 Å². The topological polar surface area (TPSA) is 150 Å². The van der Waals surface area contributed by atoms with Crippen molar-refractivity contribution in [1.82, 2.24) is 4.72 Å². The van der Waals surface area contributed by atoms with E-state index >= 15 is 0 Å². The second-order valence-electron chi connectivity index (χ2n) is 5.87. The van der Waals surface area contributed by atoms with E-state index in [1.54, 1.807) is 6.92 Å². The molecule has 0 aliphatic heterocycles. The molecule has 1 aromatic carbocycles. The van der Waals surface area contributed by atoms with Gasteiger partial charge in [0.05, 0.1) is 15.9 Å². The Balaban J connectivity index is 2.51. The first-order chi connectivity index (χ1) is 13.1. The van der Waals surface area contributed by atoms with E-state index in [-0.39, 0.29) is 22.1 Å². The van der Waals surface area contributed by atoms with Gasteiger partial charge in [-0.3, -0.25) is 25.0 Å². The minimum Gasteiger partial charge on any atom is -0.299 e. The number of rotatable bonds is 9. The Bertz CT molecular complexity index is 1020. The van der Waals surface area contributed by atoms with Crippen LogP contribution >= 0.6 is 11.3 Å². The molecule has 0 spiro atoms. The van der Waals surface area contributed by atoms with Crippen LogP contribution in [0.15, 0.2) is 41.3 Å². The van der Waals surface area contributed by atoms with E-state index < -0.39 is 42.4 Å². The Morgan fingerprint density at radius 1 is 1.14 bits per heavy atom. The fourth-order valence-electron chi connectivity index (χ4n) is 2.59. The van der Waals surface area contributed by atoms with Gasteiger partial charge in [-0.15, -0.1) is 0 Å². The van der Waals surface area contributed by atoms with Crippen LogP contribution in [-0.4, -0.2) is 24.0 Å². The molecule has 1 aromatic heterocycles. The second-order valence-corrected chi connectivity index (χ2v) is 8.64. The lowest BCUT2D eigenvalue weighted by molar-refractivity contribution is -0.387. The number of nitro benzene ring substituents is 1. The molecule has 1 heterocycles. The van der Waals surface area contributed by atoms with Gasteiger partial charge < -0.3 is 0 Å². The third-order valence-electron chi connectivity index (χ3n) is 4.09. The summed E-state index contributed by atoms with van der Waals surface area (Å²) >= 11 is 0.740. The zero-order valence-corrected chi connectivity index (χ0v) is 16.5. The van der Waals surface area contributed by atoms with Crippen LogP contribution in [0.2, 0.25) is 0 Å². The van der Waals surface area contributed by atoms with Crippen molar-refractivity contribution in [1.29, 1.82) is 0 Å². The van der Waals surface area contributed by atoms with Crippen molar-refractivity contribution in [3.8, 4) is 0 Å². The zero-order chi connectivity index (χ0) is 21.1. The van der Waals surface area contributed by atoms with Crippen LogP contribution in [0.4, 0.5) is 10.7 Å². The molecule has 0 saturated heterocycles. The Labute approximate surface area is 164 Å². The average Bonchev–Trinajstić information content (AvgIpc) is 3.15. The third kappa shape index (κ3) is 4.58. The highest BCUT2D eigenvalue weighted by atomic mass is 32.2. The number of sulfonamides is 1. The minimum absolute atomic E-state index is 0.137. The Kier molecular flexibility index (Phi) is 6.59. The quantitative estimate of drug-likeness (QED) is 0.477. The van der Waals surface area contributed by atoms with Crippen molar-refractivity contribution in [3.05, 3.63) is 61.5 Å². The highest BCUT2D eigenvalue weighted by molar-refractivity contribution is 7.89. The average molecular weight is 427 g/mol. The van der Waals surface area contributed by atoms with E-state index in [9.17, 15) is 33.4 Å². The predicted octanol–water partition coefficient (Wildman–Crippen LogP) is 3.20. The van der Waals surface area contributed by atoms with Gasteiger partial charge in [0.25, 0.3) is 5.69 Å². The number of carbonyl (C=O) groups is 1. The van der Waals surface area contributed by atoms with Gasteiger partial charge in [-0.25, -0.2) is 13.1 Å². The number of hydrogen-bond donors (Lipinski definition) is 1. The number of para-hydroxylation sites is 1. The van der Waals surface area contributed by atoms with E-state index in [2.05, 4.69) is 4.72 Å². The van der Waals surface area contributed by atoms with Crippen LogP contribution in [0.25, 0.3) is 0 Å². The van der Waals surface area contributed by atoms with Crippen molar-refractivity contribution in [3.63, 3.8) is 0 Å². The number of nitrogens with zero attached hydrogens (tertiary/aromatic N) is 2.